The number of aromatic nitrogens is 2. The zero-order valence-corrected chi connectivity index (χ0v) is 11.6. The number of carbonyl (C=O) groups is 1. The van der Waals surface area contributed by atoms with E-state index in [4.69, 9.17) is 10.5 Å². The molecule has 1 heterocycles. The summed E-state index contributed by atoms with van der Waals surface area (Å²) in [5.41, 5.74) is 7.41. The molecule has 6 nitrogen and oxygen atoms in total. The maximum atomic E-state index is 12.2. The molecule has 0 fully saturated rings. The Bertz CT molecular complexity index is 607. The van der Waals surface area contributed by atoms with Gasteiger partial charge in [0, 0.05) is 18.9 Å². The van der Waals surface area contributed by atoms with Gasteiger partial charge in [-0.1, -0.05) is 6.07 Å². The lowest BCUT2D eigenvalue weighted by Crippen LogP contribution is -2.25. The Labute approximate surface area is 117 Å². The second-order valence-electron chi connectivity index (χ2n) is 4.32. The van der Waals surface area contributed by atoms with Crippen LogP contribution in [0, 0.1) is 0 Å². The quantitative estimate of drug-likeness (QED) is 0.806. The number of anilines is 1. The van der Waals surface area contributed by atoms with Crippen molar-refractivity contribution >= 4 is 11.6 Å². The number of carbonyl (C=O) groups excluding carboxylic acids is 1. The van der Waals surface area contributed by atoms with Crippen LogP contribution in [0.15, 0.2) is 30.5 Å². The standard InChI is InChI=1S/C14H18N4O2/c1-3-20-12-6-4-5-11(15)13(12)14(19)16-9-10-7-8-18(2)17-10/h4-8H,3,9,15H2,1-2H3,(H,16,19). The highest BCUT2D eigenvalue weighted by molar-refractivity contribution is 6.01. The number of aryl methyl sites for hydroxylation is 1. The molecule has 2 rings (SSSR count). The van der Waals surface area contributed by atoms with Gasteiger partial charge in [-0.3, -0.25) is 9.48 Å². The molecular weight excluding hydrogens is 256 g/mol. The van der Waals surface area contributed by atoms with Crippen molar-refractivity contribution in [3.05, 3.63) is 41.7 Å². The molecule has 2 aromatic rings. The molecule has 1 aromatic heterocycles. The van der Waals surface area contributed by atoms with Gasteiger partial charge in [0.05, 0.1) is 18.8 Å². The molecule has 0 aliphatic heterocycles. The largest absolute Gasteiger partial charge is 0.493 e. The molecule has 0 atom stereocenters. The second-order valence-corrected chi connectivity index (χ2v) is 4.32. The molecular formula is C14H18N4O2. The lowest BCUT2D eigenvalue weighted by molar-refractivity contribution is 0.0947. The molecule has 106 valence electrons. The normalized spacial score (nSPS) is 10.3. The molecule has 0 aliphatic rings. The lowest BCUT2D eigenvalue weighted by atomic mass is 10.1. The van der Waals surface area contributed by atoms with Gasteiger partial charge < -0.3 is 15.8 Å². The third-order valence-corrected chi connectivity index (χ3v) is 2.78. The first-order valence-corrected chi connectivity index (χ1v) is 6.39. The fraction of sp³-hybridized carbons (Fsp3) is 0.286. The van der Waals surface area contributed by atoms with Gasteiger partial charge in [-0.15, -0.1) is 0 Å². The van der Waals surface area contributed by atoms with Crippen LogP contribution < -0.4 is 15.8 Å². The molecule has 0 saturated heterocycles. The molecule has 1 aromatic carbocycles. The van der Waals surface area contributed by atoms with E-state index in [9.17, 15) is 4.79 Å². The average Bonchev–Trinajstić information content (AvgIpc) is 2.82. The zero-order valence-electron chi connectivity index (χ0n) is 11.6. The minimum atomic E-state index is -0.266. The van der Waals surface area contributed by atoms with Crippen molar-refractivity contribution in [3.8, 4) is 5.75 Å². The minimum Gasteiger partial charge on any atom is -0.493 e. The monoisotopic (exact) mass is 274 g/mol. The van der Waals surface area contributed by atoms with Crippen LogP contribution in [0.2, 0.25) is 0 Å². The van der Waals surface area contributed by atoms with Crippen LogP contribution in [0.3, 0.4) is 0 Å². The van der Waals surface area contributed by atoms with Crippen molar-refractivity contribution in [1.82, 2.24) is 15.1 Å². The molecule has 0 bridgehead atoms. The number of hydrogen-bond acceptors (Lipinski definition) is 4. The number of rotatable bonds is 5. The van der Waals surface area contributed by atoms with Gasteiger partial charge in [0.25, 0.3) is 5.91 Å². The van der Waals surface area contributed by atoms with E-state index in [1.165, 1.54) is 0 Å². The highest BCUT2D eigenvalue weighted by Gasteiger charge is 2.16. The predicted molar refractivity (Wildman–Crippen MR) is 76.4 cm³/mol. The molecule has 0 radical (unpaired) electrons. The van der Waals surface area contributed by atoms with Crippen molar-refractivity contribution in [2.45, 2.75) is 13.5 Å². The van der Waals surface area contributed by atoms with Crippen LogP contribution >= 0.6 is 0 Å². The maximum absolute atomic E-state index is 12.2. The summed E-state index contributed by atoms with van der Waals surface area (Å²) in [5.74, 6) is 0.225. The van der Waals surface area contributed by atoms with Crippen molar-refractivity contribution in [3.63, 3.8) is 0 Å². The molecule has 20 heavy (non-hydrogen) atoms. The summed E-state index contributed by atoms with van der Waals surface area (Å²) in [4.78, 5) is 12.2. The highest BCUT2D eigenvalue weighted by atomic mass is 16.5. The van der Waals surface area contributed by atoms with E-state index in [0.29, 0.717) is 30.2 Å². The van der Waals surface area contributed by atoms with Gasteiger partial charge in [-0.2, -0.15) is 5.10 Å². The summed E-state index contributed by atoms with van der Waals surface area (Å²) in [6.07, 6.45) is 1.82. The molecule has 0 aliphatic carbocycles. The fourth-order valence-corrected chi connectivity index (χ4v) is 1.88. The maximum Gasteiger partial charge on any atom is 0.257 e. The number of nitrogen functional groups attached to an aromatic ring is 1. The minimum absolute atomic E-state index is 0.266. The van der Waals surface area contributed by atoms with E-state index in [0.717, 1.165) is 5.69 Å². The van der Waals surface area contributed by atoms with Gasteiger partial charge >= 0.3 is 0 Å². The topological polar surface area (TPSA) is 82.2 Å². The summed E-state index contributed by atoms with van der Waals surface area (Å²) in [6, 6.07) is 7.02. The first-order chi connectivity index (χ1) is 9.61. The van der Waals surface area contributed by atoms with E-state index in [1.807, 2.05) is 26.2 Å². The summed E-state index contributed by atoms with van der Waals surface area (Å²) in [7, 11) is 1.83. The fourth-order valence-electron chi connectivity index (χ4n) is 1.88. The number of benzene rings is 1. The Morgan fingerprint density at radius 1 is 1.45 bits per heavy atom. The van der Waals surface area contributed by atoms with Gasteiger partial charge in [0.1, 0.15) is 11.3 Å². The van der Waals surface area contributed by atoms with Gasteiger partial charge in [0.2, 0.25) is 0 Å². The molecule has 0 unspecified atom stereocenters. The summed E-state index contributed by atoms with van der Waals surface area (Å²) < 4.78 is 7.12. The second kappa shape index (κ2) is 6.10. The van der Waals surface area contributed by atoms with Gasteiger partial charge in [-0.25, -0.2) is 0 Å². The highest BCUT2D eigenvalue weighted by Crippen LogP contribution is 2.24. The SMILES string of the molecule is CCOc1cccc(N)c1C(=O)NCc1ccn(C)n1. The Morgan fingerprint density at radius 3 is 2.90 bits per heavy atom. The molecule has 0 saturated carbocycles. The summed E-state index contributed by atoms with van der Waals surface area (Å²) in [6.45, 7) is 2.68. The third kappa shape index (κ3) is 3.09. The molecule has 3 N–H and O–H groups in total. The van der Waals surface area contributed by atoms with E-state index >= 15 is 0 Å². The third-order valence-electron chi connectivity index (χ3n) is 2.78. The molecule has 1 amide bonds. The van der Waals surface area contributed by atoms with Crippen LogP contribution in [0.25, 0.3) is 0 Å². The number of amides is 1. The van der Waals surface area contributed by atoms with Crippen molar-refractivity contribution in [2.24, 2.45) is 7.05 Å². The van der Waals surface area contributed by atoms with Gasteiger partial charge in [-0.05, 0) is 25.1 Å². The number of nitrogens with zero attached hydrogens (tertiary/aromatic N) is 2. The number of nitrogens with two attached hydrogens (primary N) is 1. The number of hydrogen-bond donors (Lipinski definition) is 2. The first kappa shape index (κ1) is 13.9. The number of ether oxygens (including phenoxy) is 1. The summed E-state index contributed by atoms with van der Waals surface area (Å²) >= 11 is 0. The summed E-state index contributed by atoms with van der Waals surface area (Å²) in [5, 5.41) is 6.99. The zero-order chi connectivity index (χ0) is 14.5. The Hall–Kier alpha value is -2.50. The van der Waals surface area contributed by atoms with Crippen LogP contribution in [0.4, 0.5) is 5.69 Å². The van der Waals surface area contributed by atoms with Crippen molar-refractivity contribution in [1.29, 1.82) is 0 Å². The van der Waals surface area contributed by atoms with Crippen LogP contribution in [-0.4, -0.2) is 22.3 Å². The Kier molecular flexibility index (Phi) is 4.24. The van der Waals surface area contributed by atoms with Crippen molar-refractivity contribution in [2.75, 3.05) is 12.3 Å². The van der Waals surface area contributed by atoms with E-state index in [-0.39, 0.29) is 5.91 Å². The Morgan fingerprint density at radius 2 is 2.25 bits per heavy atom. The first-order valence-electron chi connectivity index (χ1n) is 6.39. The number of nitrogens with one attached hydrogen (secondary N) is 1. The molecule has 0 spiro atoms. The Balaban J connectivity index is 2.12. The lowest BCUT2D eigenvalue weighted by Gasteiger charge is -2.12. The van der Waals surface area contributed by atoms with Crippen LogP contribution in [0.5, 0.6) is 5.75 Å². The van der Waals surface area contributed by atoms with Crippen molar-refractivity contribution < 1.29 is 9.53 Å². The molecule has 6 heteroatoms. The average molecular weight is 274 g/mol. The predicted octanol–water partition coefficient (Wildman–Crippen LogP) is 1.33. The van der Waals surface area contributed by atoms with E-state index in [1.54, 1.807) is 22.9 Å². The van der Waals surface area contributed by atoms with Crippen LogP contribution in [-0.2, 0) is 13.6 Å². The smallest absolute Gasteiger partial charge is 0.257 e. The van der Waals surface area contributed by atoms with Crippen LogP contribution in [0.1, 0.15) is 23.0 Å². The van der Waals surface area contributed by atoms with E-state index < -0.39 is 0 Å². The van der Waals surface area contributed by atoms with E-state index in [2.05, 4.69) is 10.4 Å². The van der Waals surface area contributed by atoms with Gasteiger partial charge in [0.15, 0.2) is 0 Å².